The number of hydrogen-bond donors (Lipinski definition) is 2. The van der Waals surface area contributed by atoms with E-state index in [9.17, 15) is 4.79 Å². The number of anilines is 1. The van der Waals surface area contributed by atoms with Crippen molar-refractivity contribution < 1.29 is 4.79 Å². The van der Waals surface area contributed by atoms with Crippen molar-refractivity contribution in [2.45, 2.75) is 27.2 Å². The van der Waals surface area contributed by atoms with E-state index < -0.39 is 0 Å². The molecule has 0 spiro atoms. The Hall–Kier alpha value is -1.06. The summed E-state index contributed by atoms with van der Waals surface area (Å²) in [5, 5.41) is 3.43. The van der Waals surface area contributed by atoms with Gasteiger partial charge in [0, 0.05) is 6.54 Å². The largest absolute Gasteiger partial charge is 0.330 e. The molecule has 0 aliphatic rings. The summed E-state index contributed by atoms with van der Waals surface area (Å²) < 4.78 is 0. The van der Waals surface area contributed by atoms with Gasteiger partial charge in [-0.3, -0.25) is 4.79 Å². The number of carbonyl (C=O) groups is 1. The zero-order valence-corrected chi connectivity index (χ0v) is 11.3. The van der Waals surface area contributed by atoms with Gasteiger partial charge < -0.3 is 11.1 Å². The van der Waals surface area contributed by atoms with Crippen LogP contribution in [0.25, 0.3) is 0 Å². The molecule has 0 bridgehead atoms. The molecule has 0 saturated heterocycles. The zero-order valence-electron chi connectivity index (χ0n) is 10.5. The summed E-state index contributed by atoms with van der Waals surface area (Å²) in [4.78, 5) is 11.9. The first-order valence-electron chi connectivity index (χ1n) is 5.77. The Morgan fingerprint density at radius 1 is 1.47 bits per heavy atom. The van der Waals surface area contributed by atoms with Crippen LogP contribution in [-0.2, 0) is 4.79 Å². The Bertz CT molecular complexity index is 391. The molecule has 1 unspecified atom stereocenters. The van der Waals surface area contributed by atoms with Crippen molar-refractivity contribution >= 4 is 23.2 Å². The molecule has 0 radical (unpaired) electrons. The van der Waals surface area contributed by atoms with Gasteiger partial charge in [-0.15, -0.1) is 0 Å². The lowest BCUT2D eigenvalue weighted by atomic mass is 10.1. The number of rotatable bonds is 4. The van der Waals surface area contributed by atoms with Gasteiger partial charge >= 0.3 is 0 Å². The highest BCUT2D eigenvalue weighted by Gasteiger charge is 2.16. The summed E-state index contributed by atoms with van der Waals surface area (Å²) in [5.74, 6) is -0.226. The molecule has 0 aliphatic carbocycles. The number of hydrogen-bond acceptors (Lipinski definition) is 2. The van der Waals surface area contributed by atoms with E-state index in [-0.39, 0.29) is 11.8 Å². The van der Waals surface area contributed by atoms with Crippen LogP contribution in [0, 0.1) is 19.8 Å². The van der Waals surface area contributed by atoms with Crippen LogP contribution in [0.2, 0.25) is 5.02 Å². The normalized spacial score (nSPS) is 12.3. The van der Waals surface area contributed by atoms with Crippen molar-refractivity contribution in [1.82, 2.24) is 0 Å². The van der Waals surface area contributed by atoms with Crippen LogP contribution in [-0.4, -0.2) is 12.5 Å². The maximum absolute atomic E-state index is 11.9. The summed E-state index contributed by atoms with van der Waals surface area (Å²) in [7, 11) is 0. The van der Waals surface area contributed by atoms with Crippen molar-refractivity contribution in [1.29, 1.82) is 0 Å². The lowest BCUT2D eigenvalue weighted by molar-refractivity contribution is -0.119. The third-order valence-corrected chi connectivity index (χ3v) is 3.13. The molecule has 0 aliphatic heterocycles. The Kier molecular flexibility index (Phi) is 4.97. The fourth-order valence-corrected chi connectivity index (χ4v) is 2.13. The molecule has 1 aromatic rings. The predicted molar refractivity (Wildman–Crippen MR) is 72.4 cm³/mol. The van der Waals surface area contributed by atoms with Gasteiger partial charge in [0.25, 0.3) is 0 Å². The maximum Gasteiger partial charge on any atom is 0.228 e. The summed E-state index contributed by atoms with van der Waals surface area (Å²) in [6, 6.07) is 3.83. The second-order valence-electron chi connectivity index (χ2n) is 4.27. The lowest BCUT2D eigenvalue weighted by Crippen LogP contribution is -2.29. The minimum absolute atomic E-state index is 0.0659. The first-order chi connectivity index (χ1) is 7.99. The molecule has 0 saturated carbocycles. The van der Waals surface area contributed by atoms with Crippen molar-refractivity contribution in [3.05, 3.63) is 28.3 Å². The molecule has 0 fully saturated rings. The standard InChI is InChI=1S/C13H19ClN2O/c1-4-10(7-15)13(17)16-12-9(3)5-8(2)6-11(12)14/h5-6,10H,4,7,15H2,1-3H3,(H,16,17). The molecular weight excluding hydrogens is 236 g/mol. The molecule has 1 rings (SSSR count). The summed E-state index contributed by atoms with van der Waals surface area (Å²) in [6.45, 7) is 6.20. The molecule has 94 valence electrons. The highest BCUT2D eigenvalue weighted by Crippen LogP contribution is 2.27. The summed E-state index contributed by atoms with van der Waals surface area (Å²) in [5.41, 5.74) is 8.28. The van der Waals surface area contributed by atoms with E-state index in [1.54, 1.807) is 0 Å². The van der Waals surface area contributed by atoms with Gasteiger partial charge in [-0.25, -0.2) is 0 Å². The minimum atomic E-state index is -0.160. The third kappa shape index (κ3) is 3.45. The minimum Gasteiger partial charge on any atom is -0.330 e. The highest BCUT2D eigenvalue weighted by atomic mass is 35.5. The zero-order chi connectivity index (χ0) is 13.0. The molecule has 1 aromatic carbocycles. The molecule has 1 amide bonds. The van der Waals surface area contributed by atoms with Crippen molar-refractivity contribution in [2.75, 3.05) is 11.9 Å². The molecule has 0 aromatic heterocycles. The number of halogens is 1. The van der Waals surface area contributed by atoms with Gasteiger partial charge in [-0.05, 0) is 37.5 Å². The van der Waals surface area contributed by atoms with Crippen molar-refractivity contribution in [3.8, 4) is 0 Å². The van der Waals surface area contributed by atoms with Crippen LogP contribution >= 0.6 is 11.6 Å². The molecule has 0 heterocycles. The van der Waals surface area contributed by atoms with Crippen LogP contribution in [0.15, 0.2) is 12.1 Å². The highest BCUT2D eigenvalue weighted by molar-refractivity contribution is 6.34. The van der Waals surface area contributed by atoms with Crippen molar-refractivity contribution in [3.63, 3.8) is 0 Å². The van der Waals surface area contributed by atoms with Gasteiger partial charge in [-0.1, -0.05) is 24.6 Å². The average Bonchev–Trinajstić information content (AvgIpc) is 2.25. The van der Waals surface area contributed by atoms with Gasteiger partial charge in [0.05, 0.1) is 16.6 Å². The lowest BCUT2D eigenvalue weighted by Gasteiger charge is -2.15. The average molecular weight is 255 g/mol. The number of nitrogens with one attached hydrogen (secondary N) is 1. The van der Waals surface area contributed by atoms with Gasteiger partial charge in [-0.2, -0.15) is 0 Å². The summed E-state index contributed by atoms with van der Waals surface area (Å²) in [6.07, 6.45) is 0.727. The SMILES string of the molecule is CCC(CN)C(=O)Nc1c(C)cc(C)cc1Cl. The Morgan fingerprint density at radius 3 is 2.59 bits per heavy atom. The smallest absolute Gasteiger partial charge is 0.228 e. The van der Waals surface area contributed by atoms with Gasteiger partial charge in [0.1, 0.15) is 0 Å². The van der Waals surface area contributed by atoms with Crippen LogP contribution in [0.1, 0.15) is 24.5 Å². The molecule has 3 N–H and O–H groups in total. The second-order valence-corrected chi connectivity index (χ2v) is 4.68. The Labute approximate surface area is 107 Å². The molecular formula is C13H19ClN2O. The monoisotopic (exact) mass is 254 g/mol. The fraction of sp³-hybridized carbons (Fsp3) is 0.462. The fourth-order valence-electron chi connectivity index (χ4n) is 1.76. The number of nitrogens with two attached hydrogens (primary N) is 1. The first kappa shape index (κ1) is 14.0. The summed E-state index contributed by atoms with van der Waals surface area (Å²) >= 11 is 6.12. The second kappa shape index (κ2) is 6.03. The molecule has 17 heavy (non-hydrogen) atoms. The number of aryl methyl sites for hydroxylation is 2. The Morgan fingerprint density at radius 2 is 2.12 bits per heavy atom. The predicted octanol–water partition coefficient (Wildman–Crippen LogP) is 2.88. The van der Waals surface area contributed by atoms with E-state index >= 15 is 0 Å². The first-order valence-corrected chi connectivity index (χ1v) is 6.15. The number of carbonyl (C=O) groups excluding carboxylic acids is 1. The van der Waals surface area contributed by atoms with Crippen LogP contribution in [0.3, 0.4) is 0 Å². The van der Waals surface area contributed by atoms with Crippen LogP contribution in [0.4, 0.5) is 5.69 Å². The number of benzene rings is 1. The van der Waals surface area contributed by atoms with Gasteiger partial charge in [0.2, 0.25) is 5.91 Å². The molecule has 3 nitrogen and oxygen atoms in total. The maximum atomic E-state index is 11.9. The topological polar surface area (TPSA) is 55.1 Å². The van der Waals surface area contributed by atoms with E-state index in [2.05, 4.69) is 5.32 Å². The van der Waals surface area contributed by atoms with E-state index in [4.69, 9.17) is 17.3 Å². The third-order valence-electron chi connectivity index (χ3n) is 2.83. The molecule has 4 heteroatoms. The quantitative estimate of drug-likeness (QED) is 0.868. The van der Waals surface area contributed by atoms with Crippen LogP contribution < -0.4 is 11.1 Å². The van der Waals surface area contributed by atoms with E-state index in [0.717, 1.165) is 17.5 Å². The van der Waals surface area contributed by atoms with Crippen molar-refractivity contribution in [2.24, 2.45) is 11.7 Å². The Balaban J connectivity index is 2.92. The van der Waals surface area contributed by atoms with Gasteiger partial charge in [0.15, 0.2) is 0 Å². The molecule has 1 atom stereocenters. The van der Waals surface area contributed by atoms with E-state index in [1.165, 1.54) is 0 Å². The van der Waals surface area contributed by atoms with E-state index in [0.29, 0.717) is 17.3 Å². The number of amides is 1. The van der Waals surface area contributed by atoms with E-state index in [1.807, 2.05) is 32.9 Å². The van der Waals surface area contributed by atoms with Crippen LogP contribution in [0.5, 0.6) is 0 Å².